The number of nitrogens with zero attached hydrogens (tertiary/aromatic N) is 2. The van der Waals surface area contributed by atoms with Gasteiger partial charge >= 0.3 is 0 Å². The van der Waals surface area contributed by atoms with Crippen LogP contribution in [0.25, 0.3) is 10.9 Å². The van der Waals surface area contributed by atoms with E-state index in [1.807, 2.05) is 25.1 Å². The minimum atomic E-state index is -0.202. The monoisotopic (exact) mass is 252 g/mol. The average Bonchev–Trinajstić information content (AvgIpc) is 2.42. The Morgan fingerprint density at radius 3 is 2.47 bits per heavy atom. The first-order valence-electron chi connectivity index (χ1n) is 6.17. The van der Waals surface area contributed by atoms with E-state index in [2.05, 4.69) is 22.1 Å². The summed E-state index contributed by atoms with van der Waals surface area (Å²) in [7, 11) is 0. The fourth-order valence-electron chi connectivity index (χ4n) is 2.18. The van der Waals surface area contributed by atoms with Gasteiger partial charge in [-0.1, -0.05) is 18.2 Å². The lowest BCUT2D eigenvalue weighted by Crippen LogP contribution is -1.92. The summed E-state index contributed by atoms with van der Waals surface area (Å²) in [5.74, 6) is -0.202. The fraction of sp³-hybridized carbons (Fsp3) is 0.125. The third-order valence-electron chi connectivity index (χ3n) is 3.22. The Hall–Kier alpha value is -2.29. The highest BCUT2D eigenvalue weighted by molar-refractivity contribution is 5.81. The molecular weight excluding hydrogens is 239 g/mol. The predicted molar refractivity (Wildman–Crippen MR) is 73.5 cm³/mol. The van der Waals surface area contributed by atoms with Gasteiger partial charge in [0.1, 0.15) is 12.1 Å². The lowest BCUT2D eigenvalue weighted by Gasteiger charge is -2.05. The Kier molecular flexibility index (Phi) is 2.95. The maximum atomic E-state index is 12.9. The quantitative estimate of drug-likeness (QED) is 0.695. The Morgan fingerprint density at radius 2 is 1.68 bits per heavy atom. The van der Waals surface area contributed by atoms with Gasteiger partial charge in [-0.15, -0.1) is 0 Å². The summed E-state index contributed by atoms with van der Waals surface area (Å²) in [6.45, 7) is 1.98. The van der Waals surface area contributed by atoms with Crippen LogP contribution in [0.3, 0.4) is 0 Å². The van der Waals surface area contributed by atoms with Crippen LogP contribution in [0, 0.1) is 12.7 Å². The normalized spacial score (nSPS) is 10.8. The molecule has 2 nitrogen and oxygen atoms in total. The zero-order chi connectivity index (χ0) is 13.2. The zero-order valence-electron chi connectivity index (χ0n) is 10.6. The van der Waals surface area contributed by atoms with Crippen LogP contribution in [0.4, 0.5) is 4.39 Å². The Bertz CT molecular complexity index is 720. The van der Waals surface area contributed by atoms with Crippen LogP contribution in [-0.2, 0) is 6.42 Å². The van der Waals surface area contributed by atoms with Crippen molar-refractivity contribution in [1.82, 2.24) is 9.97 Å². The van der Waals surface area contributed by atoms with E-state index in [0.717, 1.165) is 28.6 Å². The standard InChI is InChI=1S/C16H13FN2/c1-11-15-9-13(4-7-16(15)19-10-18-11)8-12-2-5-14(17)6-3-12/h2-7,9-10H,8H2,1H3. The predicted octanol–water partition coefficient (Wildman–Crippen LogP) is 3.67. The van der Waals surface area contributed by atoms with Crippen molar-refractivity contribution in [2.24, 2.45) is 0 Å². The van der Waals surface area contributed by atoms with E-state index >= 15 is 0 Å². The summed E-state index contributed by atoms with van der Waals surface area (Å²) < 4.78 is 12.9. The first-order valence-corrected chi connectivity index (χ1v) is 6.17. The molecule has 0 aliphatic carbocycles. The van der Waals surface area contributed by atoms with Gasteiger partial charge in [0.25, 0.3) is 0 Å². The summed E-state index contributed by atoms with van der Waals surface area (Å²) in [4.78, 5) is 8.45. The average molecular weight is 252 g/mol. The molecule has 19 heavy (non-hydrogen) atoms. The number of rotatable bonds is 2. The van der Waals surface area contributed by atoms with Crippen LogP contribution in [0.5, 0.6) is 0 Å². The van der Waals surface area contributed by atoms with Gasteiger partial charge in [-0.2, -0.15) is 0 Å². The molecule has 3 rings (SSSR count). The summed E-state index contributed by atoms with van der Waals surface area (Å²) in [5.41, 5.74) is 4.20. The maximum Gasteiger partial charge on any atom is 0.123 e. The van der Waals surface area contributed by atoms with Crippen LogP contribution in [0.15, 0.2) is 48.8 Å². The topological polar surface area (TPSA) is 25.8 Å². The fourth-order valence-corrected chi connectivity index (χ4v) is 2.18. The van der Waals surface area contributed by atoms with Crippen molar-refractivity contribution in [2.75, 3.05) is 0 Å². The number of halogens is 1. The van der Waals surface area contributed by atoms with Crippen molar-refractivity contribution >= 4 is 10.9 Å². The van der Waals surface area contributed by atoms with E-state index in [1.165, 1.54) is 17.7 Å². The second-order valence-corrected chi connectivity index (χ2v) is 4.61. The van der Waals surface area contributed by atoms with Crippen LogP contribution in [-0.4, -0.2) is 9.97 Å². The molecule has 0 unspecified atom stereocenters. The second-order valence-electron chi connectivity index (χ2n) is 4.61. The van der Waals surface area contributed by atoms with Crippen molar-refractivity contribution in [1.29, 1.82) is 0 Å². The molecule has 0 bridgehead atoms. The molecule has 0 amide bonds. The minimum absolute atomic E-state index is 0.202. The number of hydrogen-bond acceptors (Lipinski definition) is 2. The van der Waals surface area contributed by atoms with E-state index in [0.29, 0.717) is 0 Å². The molecule has 0 spiro atoms. The van der Waals surface area contributed by atoms with Gasteiger partial charge < -0.3 is 0 Å². The number of benzene rings is 2. The lowest BCUT2D eigenvalue weighted by molar-refractivity contribution is 0.627. The summed E-state index contributed by atoms with van der Waals surface area (Å²) in [5, 5.41) is 1.07. The first kappa shape index (κ1) is 11.8. The van der Waals surface area contributed by atoms with Crippen LogP contribution >= 0.6 is 0 Å². The van der Waals surface area contributed by atoms with E-state index in [9.17, 15) is 4.39 Å². The van der Waals surface area contributed by atoms with Crippen molar-refractivity contribution in [3.63, 3.8) is 0 Å². The number of aryl methyl sites for hydroxylation is 1. The SMILES string of the molecule is Cc1ncnc2ccc(Cc3ccc(F)cc3)cc12. The molecule has 3 heteroatoms. The molecule has 0 N–H and O–H groups in total. The number of aromatic nitrogens is 2. The molecule has 0 aliphatic heterocycles. The van der Waals surface area contributed by atoms with Gasteiger partial charge in [0.15, 0.2) is 0 Å². The van der Waals surface area contributed by atoms with Gasteiger partial charge in [0, 0.05) is 11.1 Å². The molecule has 1 aromatic heterocycles. The van der Waals surface area contributed by atoms with Crippen LogP contribution in [0.1, 0.15) is 16.8 Å². The van der Waals surface area contributed by atoms with E-state index < -0.39 is 0 Å². The van der Waals surface area contributed by atoms with Crippen LogP contribution < -0.4 is 0 Å². The van der Waals surface area contributed by atoms with Crippen molar-refractivity contribution in [3.8, 4) is 0 Å². The Balaban J connectivity index is 1.97. The van der Waals surface area contributed by atoms with Crippen molar-refractivity contribution in [3.05, 3.63) is 71.4 Å². The minimum Gasteiger partial charge on any atom is -0.241 e. The number of fused-ring (bicyclic) bond motifs is 1. The van der Waals surface area contributed by atoms with Crippen LogP contribution in [0.2, 0.25) is 0 Å². The molecule has 1 heterocycles. The van der Waals surface area contributed by atoms with Crippen molar-refractivity contribution in [2.45, 2.75) is 13.3 Å². The van der Waals surface area contributed by atoms with Gasteiger partial charge in [-0.05, 0) is 48.7 Å². The van der Waals surface area contributed by atoms with E-state index in [4.69, 9.17) is 0 Å². The molecule has 2 aromatic carbocycles. The Morgan fingerprint density at radius 1 is 0.947 bits per heavy atom. The summed E-state index contributed by atoms with van der Waals surface area (Å²) >= 11 is 0. The summed E-state index contributed by atoms with van der Waals surface area (Å²) in [6, 6.07) is 12.8. The van der Waals surface area contributed by atoms with Gasteiger partial charge in [0.05, 0.1) is 5.52 Å². The molecule has 0 radical (unpaired) electrons. The largest absolute Gasteiger partial charge is 0.241 e. The molecule has 0 aliphatic rings. The van der Waals surface area contributed by atoms with Gasteiger partial charge in [-0.25, -0.2) is 14.4 Å². The molecule has 3 aromatic rings. The third-order valence-corrected chi connectivity index (χ3v) is 3.22. The second kappa shape index (κ2) is 4.76. The van der Waals surface area contributed by atoms with E-state index in [1.54, 1.807) is 6.33 Å². The van der Waals surface area contributed by atoms with Crippen molar-refractivity contribution < 1.29 is 4.39 Å². The lowest BCUT2D eigenvalue weighted by atomic mass is 10.0. The molecule has 0 atom stereocenters. The highest BCUT2D eigenvalue weighted by Crippen LogP contribution is 2.18. The van der Waals surface area contributed by atoms with Gasteiger partial charge in [-0.3, -0.25) is 0 Å². The molecule has 94 valence electrons. The molecule has 0 saturated carbocycles. The molecule has 0 saturated heterocycles. The smallest absolute Gasteiger partial charge is 0.123 e. The molecular formula is C16H13FN2. The number of hydrogen-bond donors (Lipinski definition) is 0. The highest BCUT2D eigenvalue weighted by atomic mass is 19.1. The maximum absolute atomic E-state index is 12.9. The highest BCUT2D eigenvalue weighted by Gasteiger charge is 2.02. The summed E-state index contributed by atoms with van der Waals surface area (Å²) in [6.07, 6.45) is 2.36. The molecule has 0 fully saturated rings. The van der Waals surface area contributed by atoms with Gasteiger partial charge in [0.2, 0.25) is 0 Å². The van der Waals surface area contributed by atoms with E-state index in [-0.39, 0.29) is 5.82 Å². The Labute approximate surface area is 111 Å². The zero-order valence-corrected chi connectivity index (χ0v) is 10.6. The first-order chi connectivity index (χ1) is 9.22. The third kappa shape index (κ3) is 2.45.